The van der Waals surface area contributed by atoms with Crippen LogP contribution in [0.1, 0.15) is 6.92 Å². The Kier molecular flexibility index (Phi) is 3.09. The lowest BCUT2D eigenvalue weighted by atomic mass is 9.71. The Balaban J connectivity index is 3.20. The van der Waals surface area contributed by atoms with Crippen LogP contribution in [-0.2, 0) is 0 Å². The van der Waals surface area contributed by atoms with Gasteiger partial charge in [-0.15, -0.1) is 0 Å². The molecule has 0 amide bonds. The van der Waals surface area contributed by atoms with Gasteiger partial charge in [-0.05, 0) is 13.0 Å². The zero-order valence-corrected chi connectivity index (χ0v) is 8.33. The Bertz CT molecular complexity index is 274. The third-order valence-corrected chi connectivity index (χ3v) is 2.95. The highest BCUT2D eigenvalue weighted by Gasteiger charge is 2.52. The van der Waals surface area contributed by atoms with Crippen LogP contribution >= 0.6 is 0 Å². The fraction of sp³-hybridized carbons (Fsp3) is 0.778. The molecule has 1 rings (SSSR count). The SMILES string of the molecule is CC1(O)C(O)=CC(O)(CO)C(CO)C1O. The van der Waals surface area contributed by atoms with Gasteiger partial charge < -0.3 is 30.6 Å². The molecule has 4 unspecified atom stereocenters. The van der Waals surface area contributed by atoms with Crippen molar-refractivity contribution in [2.75, 3.05) is 13.2 Å². The van der Waals surface area contributed by atoms with E-state index in [0.717, 1.165) is 13.0 Å². The van der Waals surface area contributed by atoms with E-state index >= 15 is 0 Å². The lowest BCUT2D eigenvalue weighted by Crippen LogP contribution is -2.60. The molecular weight excluding hydrogens is 204 g/mol. The summed E-state index contributed by atoms with van der Waals surface area (Å²) in [5.41, 5.74) is -3.87. The van der Waals surface area contributed by atoms with Crippen LogP contribution in [-0.4, -0.2) is 61.2 Å². The second kappa shape index (κ2) is 3.73. The molecule has 0 spiro atoms. The van der Waals surface area contributed by atoms with E-state index in [0.29, 0.717) is 0 Å². The molecule has 1 aliphatic rings. The van der Waals surface area contributed by atoms with Crippen LogP contribution in [0.4, 0.5) is 0 Å². The Hall–Kier alpha value is -0.660. The molecule has 0 saturated heterocycles. The number of rotatable bonds is 2. The minimum atomic E-state index is -1.94. The summed E-state index contributed by atoms with van der Waals surface area (Å²) in [4.78, 5) is 0. The topological polar surface area (TPSA) is 121 Å². The molecule has 6 heteroatoms. The van der Waals surface area contributed by atoms with Crippen LogP contribution in [0.2, 0.25) is 0 Å². The fourth-order valence-corrected chi connectivity index (χ4v) is 1.73. The van der Waals surface area contributed by atoms with Crippen LogP contribution < -0.4 is 0 Å². The lowest BCUT2D eigenvalue weighted by Gasteiger charge is -2.44. The molecule has 0 fully saturated rings. The number of aliphatic hydroxyl groups excluding tert-OH is 4. The van der Waals surface area contributed by atoms with E-state index in [9.17, 15) is 20.4 Å². The number of aliphatic hydroxyl groups is 6. The molecule has 0 bridgehead atoms. The van der Waals surface area contributed by atoms with E-state index in [1.165, 1.54) is 0 Å². The summed E-state index contributed by atoms with van der Waals surface area (Å²) in [6.45, 7) is -0.239. The molecular formula is C9H16O6. The van der Waals surface area contributed by atoms with Gasteiger partial charge in [0.25, 0.3) is 0 Å². The van der Waals surface area contributed by atoms with Gasteiger partial charge in [-0.1, -0.05) is 0 Å². The van der Waals surface area contributed by atoms with E-state index in [-0.39, 0.29) is 0 Å². The van der Waals surface area contributed by atoms with Gasteiger partial charge in [-0.3, -0.25) is 0 Å². The molecule has 0 aliphatic heterocycles. The van der Waals surface area contributed by atoms with Crippen molar-refractivity contribution in [2.45, 2.75) is 24.2 Å². The van der Waals surface area contributed by atoms with E-state index in [2.05, 4.69) is 0 Å². The minimum Gasteiger partial charge on any atom is -0.509 e. The Morgan fingerprint density at radius 1 is 1.33 bits per heavy atom. The summed E-state index contributed by atoms with van der Waals surface area (Å²) in [5, 5.41) is 56.4. The van der Waals surface area contributed by atoms with Gasteiger partial charge in [0.15, 0.2) is 0 Å². The van der Waals surface area contributed by atoms with Crippen LogP contribution in [0.3, 0.4) is 0 Å². The lowest BCUT2D eigenvalue weighted by molar-refractivity contribution is -0.165. The molecule has 4 atom stereocenters. The third kappa shape index (κ3) is 1.75. The highest BCUT2D eigenvalue weighted by atomic mass is 16.4. The van der Waals surface area contributed by atoms with Gasteiger partial charge in [-0.25, -0.2) is 0 Å². The van der Waals surface area contributed by atoms with E-state index in [4.69, 9.17) is 10.2 Å². The molecule has 15 heavy (non-hydrogen) atoms. The first kappa shape index (κ1) is 12.4. The first-order chi connectivity index (χ1) is 6.79. The predicted molar refractivity (Wildman–Crippen MR) is 50.0 cm³/mol. The zero-order valence-electron chi connectivity index (χ0n) is 8.33. The maximum Gasteiger partial charge on any atom is 0.144 e. The Morgan fingerprint density at radius 2 is 1.87 bits per heavy atom. The molecule has 0 heterocycles. The minimum absolute atomic E-state index is 0.627. The van der Waals surface area contributed by atoms with Crippen LogP contribution in [0.5, 0.6) is 0 Å². The first-order valence-corrected chi connectivity index (χ1v) is 4.56. The van der Waals surface area contributed by atoms with Gasteiger partial charge in [0, 0.05) is 5.92 Å². The monoisotopic (exact) mass is 220 g/mol. The summed E-state index contributed by atoms with van der Waals surface area (Å²) >= 11 is 0. The standard InChI is InChI=1S/C9H16O6/c1-8(14)6(12)2-9(15,4-11)5(3-10)7(8)13/h2,5,7,10-15H,3-4H2,1H3. The van der Waals surface area contributed by atoms with Crippen molar-refractivity contribution in [2.24, 2.45) is 5.92 Å². The van der Waals surface area contributed by atoms with Crippen molar-refractivity contribution in [1.82, 2.24) is 0 Å². The predicted octanol–water partition coefficient (Wildman–Crippen LogP) is -2.11. The Labute approximate surface area is 86.7 Å². The second-order valence-electron chi connectivity index (χ2n) is 4.06. The average molecular weight is 220 g/mol. The molecule has 6 N–H and O–H groups in total. The van der Waals surface area contributed by atoms with Crippen molar-refractivity contribution < 1.29 is 30.6 Å². The molecule has 0 aromatic rings. The largest absolute Gasteiger partial charge is 0.509 e. The van der Waals surface area contributed by atoms with Gasteiger partial charge in [0.2, 0.25) is 0 Å². The molecule has 0 aromatic heterocycles. The van der Waals surface area contributed by atoms with Crippen molar-refractivity contribution in [3.63, 3.8) is 0 Å². The molecule has 0 saturated carbocycles. The smallest absolute Gasteiger partial charge is 0.144 e. The summed E-state index contributed by atoms with van der Waals surface area (Å²) < 4.78 is 0. The van der Waals surface area contributed by atoms with E-state index < -0.39 is 42.2 Å². The van der Waals surface area contributed by atoms with Crippen LogP contribution in [0, 0.1) is 5.92 Å². The van der Waals surface area contributed by atoms with Gasteiger partial charge in [0.05, 0.1) is 19.3 Å². The second-order valence-corrected chi connectivity index (χ2v) is 4.06. The maximum atomic E-state index is 9.80. The summed E-state index contributed by atoms with van der Waals surface area (Å²) in [6.07, 6.45) is -0.717. The summed E-state index contributed by atoms with van der Waals surface area (Å²) in [7, 11) is 0. The normalized spacial score (nSPS) is 46.4. The van der Waals surface area contributed by atoms with Crippen molar-refractivity contribution in [3.8, 4) is 0 Å². The highest BCUT2D eigenvalue weighted by Crippen LogP contribution is 2.37. The van der Waals surface area contributed by atoms with Crippen LogP contribution in [0.25, 0.3) is 0 Å². The van der Waals surface area contributed by atoms with E-state index in [1.807, 2.05) is 0 Å². The molecule has 88 valence electrons. The highest BCUT2D eigenvalue weighted by molar-refractivity contribution is 5.24. The summed E-state index contributed by atoms with van der Waals surface area (Å²) in [6, 6.07) is 0. The van der Waals surface area contributed by atoms with Crippen molar-refractivity contribution >= 4 is 0 Å². The van der Waals surface area contributed by atoms with Gasteiger partial charge >= 0.3 is 0 Å². The number of hydrogen-bond acceptors (Lipinski definition) is 6. The molecule has 6 nitrogen and oxygen atoms in total. The van der Waals surface area contributed by atoms with Gasteiger partial charge in [-0.2, -0.15) is 0 Å². The molecule has 0 radical (unpaired) electrons. The number of hydrogen-bond donors (Lipinski definition) is 6. The fourth-order valence-electron chi connectivity index (χ4n) is 1.73. The van der Waals surface area contributed by atoms with Crippen molar-refractivity contribution in [3.05, 3.63) is 11.8 Å². The molecule has 1 aliphatic carbocycles. The quantitative estimate of drug-likeness (QED) is 0.316. The Morgan fingerprint density at radius 3 is 2.27 bits per heavy atom. The first-order valence-electron chi connectivity index (χ1n) is 4.56. The summed E-state index contributed by atoms with van der Waals surface area (Å²) in [5.74, 6) is -1.79. The van der Waals surface area contributed by atoms with Crippen LogP contribution in [0.15, 0.2) is 11.8 Å². The van der Waals surface area contributed by atoms with Gasteiger partial charge in [0.1, 0.15) is 17.0 Å². The third-order valence-electron chi connectivity index (χ3n) is 2.95. The van der Waals surface area contributed by atoms with Crippen molar-refractivity contribution in [1.29, 1.82) is 0 Å². The molecule has 0 aromatic carbocycles. The maximum absolute atomic E-state index is 9.80. The van der Waals surface area contributed by atoms with E-state index in [1.54, 1.807) is 0 Å². The zero-order chi connectivity index (χ0) is 11.9. The average Bonchev–Trinajstić information content (AvgIpc) is 2.16.